The van der Waals surface area contributed by atoms with Crippen LogP contribution in [0.4, 0.5) is 5.13 Å². The molecular formula is C13H17N3O2S. The summed E-state index contributed by atoms with van der Waals surface area (Å²) in [6.07, 6.45) is 3.56. The van der Waals surface area contributed by atoms with Gasteiger partial charge in [0.05, 0.1) is 11.8 Å². The molecular weight excluding hydrogens is 262 g/mol. The van der Waals surface area contributed by atoms with E-state index in [1.165, 1.54) is 17.6 Å². The van der Waals surface area contributed by atoms with E-state index in [2.05, 4.69) is 29.4 Å². The standard InChI is InChI=1S/C13H17N3O2S/c1-4-9(5-2)12-15-16-13(19-12)14-11(17)10-6-7-18-8(10)3/h6-7,9H,4-5H2,1-3H3,(H,14,16,17). The van der Waals surface area contributed by atoms with Gasteiger partial charge in [-0.1, -0.05) is 25.2 Å². The molecule has 0 aliphatic heterocycles. The number of carbonyl (C=O) groups is 1. The zero-order chi connectivity index (χ0) is 13.8. The summed E-state index contributed by atoms with van der Waals surface area (Å²) in [5.74, 6) is 0.805. The summed E-state index contributed by atoms with van der Waals surface area (Å²) in [7, 11) is 0. The predicted molar refractivity (Wildman–Crippen MR) is 74.6 cm³/mol. The number of nitrogens with zero attached hydrogens (tertiary/aromatic N) is 2. The molecule has 2 aromatic rings. The predicted octanol–water partition coefficient (Wildman–Crippen LogP) is 3.60. The molecule has 0 fully saturated rings. The van der Waals surface area contributed by atoms with Gasteiger partial charge in [0, 0.05) is 5.92 Å². The molecule has 0 saturated carbocycles. The van der Waals surface area contributed by atoms with Crippen molar-refractivity contribution >= 4 is 22.4 Å². The fraction of sp³-hybridized carbons (Fsp3) is 0.462. The van der Waals surface area contributed by atoms with E-state index >= 15 is 0 Å². The van der Waals surface area contributed by atoms with Gasteiger partial charge < -0.3 is 4.42 Å². The largest absolute Gasteiger partial charge is 0.469 e. The van der Waals surface area contributed by atoms with Crippen LogP contribution in [0.2, 0.25) is 0 Å². The van der Waals surface area contributed by atoms with Crippen LogP contribution in [0.25, 0.3) is 0 Å². The molecule has 2 heterocycles. The second-order valence-electron chi connectivity index (χ2n) is 4.30. The van der Waals surface area contributed by atoms with E-state index in [1.54, 1.807) is 13.0 Å². The summed E-state index contributed by atoms with van der Waals surface area (Å²) in [5.41, 5.74) is 0.527. The van der Waals surface area contributed by atoms with Crippen LogP contribution < -0.4 is 5.32 Å². The molecule has 102 valence electrons. The molecule has 6 heteroatoms. The van der Waals surface area contributed by atoms with Gasteiger partial charge in [-0.05, 0) is 25.8 Å². The molecule has 0 aliphatic carbocycles. The molecule has 2 rings (SSSR count). The molecule has 0 aliphatic rings. The van der Waals surface area contributed by atoms with Crippen molar-refractivity contribution in [1.82, 2.24) is 10.2 Å². The third-order valence-corrected chi connectivity index (χ3v) is 4.10. The molecule has 1 amide bonds. The van der Waals surface area contributed by atoms with E-state index in [0.717, 1.165) is 17.8 Å². The number of hydrogen-bond acceptors (Lipinski definition) is 5. The molecule has 5 nitrogen and oxygen atoms in total. The van der Waals surface area contributed by atoms with Gasteiger partial charge in [0.15, 0.2) is 0 Å². The van der Waals surface area contributed by atoms with Gasteiger partial charge in [-0.3, -0.25) is 10.1 Å². The van der Waals surface area contributed by atoms with Gasteiger partial charge >= 0.3 is 0 Å². The monoisotopic (exact) mass is 279 g/mol. The zero-order valence-electron chi connectivity index (χ0n) is 11.3. The summed E-state index contributed by atoms with van der Waals surface area (Å²) >= 11 is 1.44. The second-order valence-corrected chi connectivity index (χ2v) is 5.31. The average Bonchev–Trinajstić information content (AvgIpc) is 3.00. The fourth-order valence-electron chi connectivity index (χ4n) is 1.87. The number of aromatic nitrogens is 2. The lowest BCUT2D eigenvalue weighted by molar-refractivity contribution is 0.102. The molecule has 2 aromatic heterocycles. The first-order chi connectivity index (χ1) is 9.15. The smallest absolute Gasteiger partial charge is 0.261 e. The highest BCUT2D eigenvalue weighted by atomic mass is 32.1. The third kappa shape index (κ3) is 3.01. The molecule has 0 radical (unpaired) electrons. The van der Waals surface area contributed by atoms with Crippen LogP contribution in [0, 0.1) is 6.92 Å². The van der Waals surface area contributed by atoms with Crippen molar-refractivity contribution in [2.24, 2.45) is 0 Å². The first kappa shape index (κ1) is 13.7. The van der Waals surface area contributed by atoms with Gasteiger partial charge in [0.25, 0.3) is 5.91 Å². The first-order valence-electron chi connectivity index (χ1n) is 6.34. The molecule has 0 aromatic carbocycles. The van der Waals surface area contributed by atoms with Crippen molar-refractivity contribution in [3.05, 3.63) is 28.7 Å². The maximum Gasteiger partial charge on any atom is 0.261 e. The molecule has 0 bridgehead atoms. The zero-order valence-corrected chi connectivity index (χ0v) is 12.1. The van der Waals surface area contributed by atoms with Crippen LogP contribution >= 0.6 is 11.3 Å². The molecule has 0 atom stereocenters. The highest BCUT2D eigenvalue weighted by Crippen LogP contribution is 2.28. The van der Waals surface area contributed by atoms with Gasteiger partial charge in [-0.2, -0.15) is 0 Å². The number of rotatable bonds is 5. The van der Waals surface area contributed by atoms with E-state index in [4.69, 9.17) is 4.42 Å². The number of furan rings is 1. The molecule has 1 N–H and O–H groups in total. The van der Waals surface area contributed by atoms with E-state index in [1.807, 2.05) is 0 Å². The Labute approximate surface area is 116 Å². The number of anilines is 1. The van der Waals surface area contributed by atoms with Crippen LogP contribution in [0.3, 0.4) is 0 Å². The van der Waals surface area contributed by atoms with Crippen LogP contribution in [0.5, 0.6) is 0 Å². The van der Waals surface area contributed by atoms with E-state index < -0.39 is 0 Å². The fourth-order valence-corrected chi connectivity index (χ4v) is 2.88. The van der Waals surface area contributed by atoms with Gasteiger partial charge in [-0.15, -0.1) is 10.2 Å². The number of amides is 1. The van der Waals surface area contributed by atoms with Crippen molar-refractivity contribution in [3.8, 4) is 0 Å². The average molecular weight is 279 g/mol. The maximum absolute atomic E-state index is 12.0. The number of carbonyl (C=O) groups excluding carboxylic acids is 1. The minimum atomic E-state index is -0.210. The maximum atomic E-state index is 12.0. The van der Waals surface area contributed by atoms with Crippen LogP contribution in [0.1, 0.15) is 53.7 Å². The summed E-state index contributed by atoms with van der Waals surface area (Å²) in [5, 5.41) is 12.4. The van der Waals surface area contributed by atoms with Gasteiger partial charge in [-0.25, -0.2) is 0 Å². The van der Waals surface area contributed by atoms with E-state index in [0.29, 0.717) is 22.4 Å². The summed E-state index contributed by atoms with van der Waals surface area (Å²) in [6.45, 7) is 6.01. The Morgan fingerprint density at radius 1 is 1.42 bits per heavy atom. The Morgan fingerprint density at radius 2 is 2.16 bits per heavy atom. The van der Waals surface area contributed by atoms with Crippen molar-refractivity contribution in [3.63, 3.8) is 0 Å². The van der Waals surface area contributed by atoms with E-state index in [-0.39, 0.29) is 5.91 Å². The van der Waals surface area contributed by atoms with Crippen LogP contribution in [-0.2, 0) is 0 Å². The number of aryl methyl sites for hydroxylation is 1. The second kappa shape index (κ2) is 5.97. The van der Waals surface area contributed by atoms with E-state index in [9.17, 15) is 4.79 Å². The quantitative estimate of drug-likeness (QED) is 0.908. The summed E-state index contributed by atoms with van der Waals surface area (Å²) in [6, 6.07) is 1.65. The molecule has 19 heavy (non-hydrogen) atoms. The third-order valence-electron chi connectivity index (χ3n) is 3.10. The Hall–Kier alpha value is -1.69. The SMILES string of the molecule is CCC(CC)c1nnc(NC(=O)c2ccoc2C)s1. The highest BCUT2D eigenvalue weighted by Gasteiger charge is 2.16. The number of hydrogen-bond donors (Lipinski definition) is 1. The Bertz CT molecular complexity index is 558. The molecule has 0 spiro atoms. The lowest BCUT2D eigenvalue weighted by Crippen LogP contribution is -2.11. The molecule has 0 unspecified atom stereocenters. The Balaban J connectivity index is 2.08. The van der Waals surface area contributed by atoms with Gasteiger partial charge in [0.1, 0.15) is 10.8 Å². The highest BCUT2D eigenvalue weighted by molar-refractivity contribution is 7.15. The number of nitrogens with one attached hydrogen (secondary N) is 1. The Morgan fingerprint density at radius 3 is 2.74 bits per heavy atom. The summed E-state index contributed by atoms with van der Waals surface area (Å²) < 4.78 is 5.11. The lowest BCUT2D eigenvalue weighted by atomic mass is 10.1. The van der Waals surface area contributed by atoms with Crippen molar-refractivity contribution in [2.75, 3.05) is 5.32 Å². The van der Waals surface area contributed by atoms with Gasteiger partial charge in [0.2, 0.25) is 5.13 Å². The normalized spacial score (nSPS) is 10.9. The molecule has 0 saturated heterocycles. The van der Waals surface area contributed by atoms with Crippen molar-refractivity contribution in [2.45, 2.75) is 39.5 Å². The lowest BCUT2D eigenvalue weighted by Gasteiger charge is -2.05. The summed E-state index contributed by atoms with van der Waals surface area (Å²) in [4.78, 5) is 12.0. The topological polar surface area (TPSA) is 68.0 Å². The van der Waals surface area contributed by atoms with Crippen LogP contribution in [0.15, 0.2) is 16.7 Å². The van der Waals surface area contributed by atoms with Crippen LogP contribution in [-0.4, -0.2) is 16.1 Å². The Kier molecular flexibility index (Phi) is 4.31. The minimum absolute atomic E-state index is 0.210. The van der Waals surface area contributed by atoms with Crippen molar-refractivity contribution < 1.29 is 9.21 Å². The minimum Gasteiger partial charge on any atom is -0.469 e. The van der Waals surface area contributed by atoms with Crippen molar-refractivity contribution in [1.29, 1.82) is 0 Å². The first-order valence-corrected chi connectivity index (χ1v) is 7.16.